The van der Waals surface area contributed by atoms with Crippen LogP contribution >= 0.6 is 23.1 Å². The zero-order chi connectivity index (χ0) is 20.0. The van der Waals surface area contributed by atoms with Crippen molar-refractivity contribution in [3.63, 3.8) is 0 Å². The fourth-order valence-electron chi connectivity index (χ4n) is 2.57. The van der Waals surface area contributed by atoms with Crippen molar-refractivity contribution in [3.05, 3.63) is 29.8 Å². The molecule has 2 rings (SSSR count). The molecule has 8 heteroatoms. The Morgan fingerprint density at radius 2 is 1.81 bits per heavy atom. The first-order valence-corrected chi connectivity index (χ1v) is 10.8. The third kappa shape index (κ3) is 6.79. The van der Waals surface area contributed by atoms with Gasteiger partial charge in [0.25, 0.3) is 5.91 Å². The van der Waals surface area contributed by atoms with Crippen LogP contribution in [-0.2, 0) is 0 Å². The van der Waals surface area contributed by atoms with Crippen molar-refractivity contribution in [1.29, 1.82) is 0 Å². The minimum atomic E-state index is -0.179. The SMILES string of the molecule is CCN(CC)C(C)Sc1nnc(NC(=O)c2ccc(NC(C)(C)C)cc2)s1. The zero-order valence-corrected chi connectivity index (χ0v) is 18.5. The van der Waals surface area contributed by atoms with E-state index in [4.69, 9.17) is 0 Å². The number of carbonyl (C=O) groups excluding carboxylic acids is 1. The largest absolute Gasteiger partial charge is 0.380 e. The Morgan fingerprint density at radius 3 is 2.37 bits per heavy atom. The highest BCUT2D eigenvalue weighted by molar-refractivity contribution is 8.01. The van der Waals surface area contributed by atoms with Crippen molar-refractivity contribution in [3.8, 4) is 0 Å². The van der Waals surface area contributed by atoms with Gasteiger partial charge in [-0.05, 0) is 65.0 Å². The van der Waals surface area contributed by atoms with Gasteiger partial charge in [-0.15, -0.1) is 10.2 Å². The van der Waals surface area contributed by atoms with Crippen molar-refractivity contribution in [1.82, 2.24) is 15.1 Å². The van der Waals surface area contributed by atoms with Gasteiger partial charge in [-0.2, -0.15) is 0 Å². The third-order valence-corrected chi connectivity index (χ3v) is 5.99. The maximum Gasteiger partial charge on any atom is 0.257 e. The average Bonchev–Trinajstić information content (AvgIpc) is 3.02. The molecule has 1 atom stereocenters. The molecule has 6 nitrogen and oxygen atoms in total. The first-order chi connectivity index (χ1) is 12.7. The Hall–Kier alpha value is -1.64. The summed E-state index contributed by atoms with van der Waals surface area (Å²) in [6.07, 6.45) is 0. The molecule has 2 aromatic rings. The maximum atomic E-state index is 12.4. The molecule has 1 unspecified atom stereocenters. The number of rotatable bonds is 8. The summed E-state index contributed by atoms with van der Waals surface area (Å²) in [5, 5.41) is 15.3. The van der Waals surface area contributed by atoms with Gasteiger partial charge >= 0.3 is 0 Å². The molecule has 0 spiro atoms. The van der Waals surface area contributed by atoms with Crippen molar-refractivity contribution >= 4 is 39.8 Å². The number of hydrogen-bond acceptors (Lipinski definition) is 7. The second-order valence-corrected chi connectivity index (χ2v) is 9.76. The first-order valence-electron chi connectivity index (χ1n) is 9.15. The lowest BCUT2D eigenvalue weighted by atomic mass is 10.1. The molecule has 0 aliphatic rings. The Kier molecular flexibility index (Phi) is 7.64. The molecule has 0 saturated heterocycles. The van der Waals surface area contributed by atoms with Crippen LogP contribution in [0.15, 0.2) is 28.6 Å². The minimum absolute atomic E-state index is 0.0212. The predicted octanol–water partition coefficient (Wildman–Crippen LogP) is 4.78. The van der Waals surface area contributed by atoms with Crippen LogP contribution in [0.1, 0.15) is 51.9 Å². The molecule has 0 aliphatic heterocycles. The summed E-state index contributed by atoms with van der Waals surface area (Å²) >= 11 is 3.07. The summed E-state index contributed by atoms with van der Waals surface area (Å²) in [6.45, 7) is 14.7. The normalized spacial score (nSPS) is 12.9. The highest BCUT2D eigenvalue weighted by atomic mass is 32.2. The quantitative estimate of drug-likeness (QED) is 0.373. The molecule has 1 amide bonds. The van der Waals surface area contributed by atoms with Gasteiger partial charge in [-0.1, -0.05) is 36.9 Å². The van der Waals surface area contributed by atoms with E-state index in [1.54, 1.807) is 11.8 Å². The molecule has 148 valence electrons. The fourth-order valence-corrected chi connectivity index (χ4v) is 4.72. The van der Waals surface area contributed by atoms with Gasteiger partial charge in [-0.3, -0.25) is 15.0 Å². The second kappa shape index (κ2) is 9.52. The molecule has 0 bridgehead atoms. The smallest absolute Gasteiger partial charge is 0.257 e. The lowest BCUT2D eigenvalue weighted by molar-refractivity contribution is 0.102. The van der Waals surface area contributed by atoms with Crippen molar-refractivity contribution in [2.24, 2.45) is 0 Å². The summed E-state index contributed by atoms with van der Waals surface area (Å²) < 4.78 is 0.856. The van der Waals surface area contributed by atoms with Crippen molar-refractivity contribution in [2.75, 3.05) is 23.7 Å². The highest BCUT2D eigenvalue weighted by Crippen LogP contribution is 2.30. The van der Waals surface area contributed by atoms with Gasteiger partial charge in [0, 0.05) is 16.8 Å². The maximum absolute atomic E-state index is 12.4. The van der Waals surface area contributed by atoms with Crippen LogP contribution in [0.25, 0.3) is 0 Å². The number of carbonyl (C=O) groups is 1. The van der Waals surface area contributed by atoms with E-state index < -0.39 is 0 Å². The lowest BCUT2D eigenvalue weighted by Gasteiger charge is -2.24. The number of benzene rings is 1. The van der Waals surface area contributed by atoms with Crippen LogP contribution in [0.3, 0.4) is 0 Å². The molecule has 2 N–H and O–H groups in total. The number of amides is 1. The average molecular weight is 408 g/mol. The fraction of sp³-hybridized carbons (Fsp3) is 0.526. The number of nitrogens with one attached hydrogen (secondary N) is 2. The molecular formula is C19H29N5OS2. The van der Waals surface area contributed by atoms with Crippen LogP contribution in [0.2, 0.25) is 0 Å². The molecule has 0 fully saturated rings. The second-order valence-electron chi connectivity index (χ2n) is 7.22. The van der Waals surface area contributed by atoms with Crippen LogP contribution in [0.5, 0.6) is 0 Å². The summed E-state index contributed by atoms with van der Waals surface area (Å²) in [7, 11) is 0. The van der Waals surface area contributed by atoms with Crippen LogP contribution < -0.4 is 10.6 Å². The van der Waals surface area contributed by atoms with E-state index in [1.807, 2.05) is 24.3 Å². The molecule has 0 radical (unpaired) electrons. The van der Waals surface area contributed by atoms with Gasteiger partial charge in [0.15, 0.2) is 4.34 Å². The van der Waals surface area contributed by atoms with E-state index in [0.717, 1.165) is 23.1 Å². The van der Waals surface area contributed by atoms with Gasteiger partial charge < -0.3 is 5.32 Å². The summed E-state index contributed by atoms with van der Waals surface area (Å²) in [4.78, 5) is 14.8. The standard InChI is InChI=1S/C19H29N5OS2/c1-7-24(8-2)13(3)26-18-23-22-17(27-18)20-16(25)14-9-11-15(12-10-14)21-19(4,5)6/h9-13,21H,7-8H2,1-6H3,(H,20,22,25). The molecular weight excluding hydrogens is 378 g/mol. The van der Waals surface area contributed by atoms with E-state index >= 15 is 0 Å². The Labute approximate surface area is 170 Å². The van der Waals surface area contributed by atoms with Crippen LogP contribution in [-0.4, -0.2) is 45.0 Å². The Bertz CT molecular complexity index is 735. The van der Waals surface area contributed by atoms with E-state index in [1.165, 1.54) is 11.3 Å². The number of anilines is 2. The van der Waals surface area contributed by atoms with Crippen LogP contribution in [0, 0.1) is 0 Å². The molecule has 1 aromatic carbocycles. The van der Waals surface area contributed by atoms with Crippen LogP contribution in [0.4, 0.5) is 10.8 Å². The molecule has 1 aromatic heterocycles. The molecule has 0 saturated carbocycles. The van der Waals surface area contributed by atoms with E-state index in [0.29, 0.717) is 16.1 Å². The van der Waals surface area contributed by atoms with E-state index in [9.17, 15) is 4.79 Å². The number of hydrogen-bond donors (Lipinski definition) is 2. The third-order valence-electron chi connectivity index (χ3n) is 3.89. The van der Waals surface area contributed by atoms with Gasteiger partial charge in [-0.25, -0.2) is 0 Å². The van der Waals surface area contributed by atoms with Gasteiger partial charge in [0.2, 0.25) is 5.13 Å². The van der Waals surface area contributed by atoms with Gasteiger partial charge in [0.1, 0.15) is 0 Å². The molecule has 1 heterocycles. The summed E-state index contributed by atoms with van der Waals surface area (Å²) in [5.41, 5.74) is 1.56. The van der Waals surface area contributed by atoms with Crippen molar-refractivity contribution < 1.29 is 4.79 Å². The lowest BCUT2D eigenvalue weighted by Crippen LogP contribution is -2.30. The Morgan fingerprint density at radius 1 is 1.19 bits per heavy atom. The predicted molar refractivity (Wildman–Crippen MR) is 116 cm³/mol. The highest BCUT2D eigenvalue weighted by Gasteiger charge is 2.16. The zero-order valence-electron chi connectivity index (χ0n) is 16.9. The monoisotopic (exact) mass is 407 g/mol. The first kappa shape index (κ1) is 21.7. The number of thioether (sulfide) groups is 1. The number of aromatic nitrogens is 2. The summed E-state index contributed by atoms with van der Waals surface area (Å²) in [5.74, 6) is -0.179. The topological polar surface area (TPSA) is 70.2 Å². The van der Waals surface area contributed by atoms with Gasteiger partial charge in [0.05, 0.1) is 5.37 Å². The van der Waals surface area contributed by atoms with E-state index in [-0.39, 0.29) is 11.4 Å². The van der Waals surface area contributed by atoms with E-state index in [2.05, 4.69) is 67.3 Å². The number of nitrogens with zero attached hydrogens (tertiary/aromatic N) is 3. The summed E-state index contributed by atoms with van der Waals surface area (Å²) in [6, 6.07) is 7.44. The molecule has 27 heavy (non-hydrogen) atoms. The minimum Gasteiger partial charge on any atom is -0.380 e. The Balaban J connectivity index is 1.95. The molecule has 0 aliphatic carbocycles. The van der Waals surface area contributed by atoms with Crippen molar-refractivity contribution in [2.45, 2.75) is 56.8 Å².